The molecule has 4 aromatic rings. The number of aryl methyl sites for hydroxylation is 1. The van der Waals surface area contributed by atoms with Gasteiger partial charge in [0.1, 0.15) is 18.1 Å². The fourth-order valence-corrected chi connectivity index (χ4v) is 4.24. The van der Waals surface area contributed by atoms with E-state index >= 15 is 0 Å². The Morgan fingerprint density at radius 1 is 0.923 bits per heavy atom. The van der Waals surface area contributed by atoms with Crippen molar-refractivity contribution in [2.75, 3.05) is 19.0 Å². The number of aromatic nitrogens is 2. The summed E-state index contributed by atoms with van der Waals surface area (Å²) in [7, 11) is 1.61. The molecule has 0 atom stereocenters. The first-order valence-corrected chi connectivity index (χ1v) is 13.0. The van der Waals surface area contributed by atoms with Crippen LogP contribution in [0, 0.1) is 6.92 Å². The minimum Gasteiger partial charge on any atom is -0.497 e. The zero-order chi connectivity index (χ0) is 28.0. The Morgan fingerprint density at radius 2 is 1.59 bits per heavy atom. The summed E-state index contributed by atoms with van der Waals surface area (Å²) in [6.45, 7) is 8.51. The van der Waals surface area contributed by atoms with Crippen LogP contribution in [-0.4, -0.2) is 40.1 Å². The van der Waals surface area contributed by atoms with Crippen LogP contribution >= 0.6 is 0 Å². The lowest BCUT2D eigenvalue weighted by Crippen LogP contribution is -2.38. The van der Waals surface area contributed by atoms with E-state index in [1.165, 1.54) is 0 Å². The maximum atomic E-state index is 13.4. The van der Waals surface area contributed by atoms with Gasteiger partial charge in [0.05, 0.1) is 24.9 Å². The number of methoxy groups -OCH3 is 1. The van der Waals surface area contributed by atoms with Crippen molar-refractivity contribution in [3.63, 3.8) is 0 Å². The van der Waals surface area contributed by atoms with Crippen molar-refractivity contribution in [3.8, 4) is 11.4 Å². The number of anilines is 1. The van der Waals surface area contributed by atoms with Gasteiger partial charge in [0.2, 0.25) is 11.8 Å². The van der Waals surface area contributed by atoms with Crippen LogP contribution in [0.5, 0.6) is 5.75 Å². The number of ether oxygens (including phenoxy) is 1. The molecule has 0 saturated carbocycles. The molecular weight excluding hydrogens is 488 g/mol. The fraction of sp³-hybridized carbons (Fsp3) is 0.281. The second kappa shape index (κ2) is 12.0. The van der Waals surface area contributed by atoms with E-state index in [0.29, 0.717) is 12.4 Å². The second-order valence-electron chi connectivity index (χ2n) is 10.7. The molecule has 1 heterocycles. The quantitative estimate of drug-likeness (QED) is 0.305. The van der Waals surface area contributed by atoms with E-state index in [4.69, 9.17) is 9.84 Å². The topological polar surface area (TPSA) is 76.5 Å². The lowest BCUT2D eigenvalue weighted by atomic mass is 9.92. The summed E-state index contributed by atoms with van der Waals surface area (Å²) in [5.74, 6) is 0.874. The first-order valence-electron chi connectivity index (χ1n) is 13.0. The highest BCUT2D eigenvalue weighted by Crippen LogP contribution is 2.27. The van der Waals surface area contributed by atoms with Crippen molar-refractivity contribution >= 4 is 17.6 Å². The summed E-state index contributed by atoms with van der Waals surface area (Å²) in [4.78, 5) is 28.4. The smallest absolute Gasteiger partial charge is 0.245 e. The number of hydrogen-bond acceptors (Lipinski definition) is 4. The number of nitrogens with zero attached hydrogens (tertiary/aromatic N) is 3. The van der Waals surface area contributed by atoms with Crippen LogP contribution in [0.1, 0.15) is 43.2 Å². The molecule has 202 valence electrons. The predicted octanol–water partition coefficient (Wildman–Crippen LogP) is 5.70. The van der Waals surface area contributed by atoms with E-state index in [9.17, 15) is 9.59 Å². The first kappa shape index (κ1) is 27.6. The highest BCUT2D eigenvalue weighted by atomic mass is 16.5. The Labute approximate surface area is 230 Å². The SMILES string of the molecule is COc1ccc(CC(=O)N(CC(=O)Nc2cc(C(C)(C)C)nn2-c2ccccc2C)Cc2ccccc2)cc1. The number of rotatable bonds is 9. The molecule has 0 radical (unpaired) electrons. The average Bonchev–Trinajstić information content (AvgIpc) is 3.33. The van der Waals surface area contributed by atoms with Gasteiger partial charge in [0.15, 0.2) is 0 Å². The minimum absolute atomic E-state index is 0.0896. The van der Waals surface area contributed by atoms with Crippen LogP contribution < -0.4 is 10.1 Å². The third-order valence-electron chi connectivity index (χ3n) is 6.51. The molecule has 4 rings (SSSR count). The Hall–Kier alpha value is -4.39. The molecule has 3 aromatic carbocycles. The maximum absolute atomic E-state index is 13.4. The van der Waals surface area contributed by atoms with Crippen LogP contribution in [0.4, 0.5) is 5.82 Å². The molecule has 7 heteroatoms. The van der Waals surface area contributed by atoms with Crippen molar-refractivity contribution in [1.82, 2.24) is 14.7 Å². The standard InChI is InChI=1S/C32H36N4O3/c1-23-11-9-10-14-27(23)36-29(20-28(34-36)32(2,3)4)33-30(37)22-35(21-25-12-7-6-8-13-25)31(38)19-24-15-17-26(39-5)18-16-24/h6-18,20H,19,21-22H2,1-5H3,(H,33,37). The minimum atomic E-state index is -0.288. The zero-order valence-electron chi connectivity index (χ0n) is 23.3. The van der Waals surface area contributed by atoms with Gasteiger partial charge in [0, 0.05) is 18.0 Å². The molecule has 0 spiro atoms. The van der Waals surface area contributed by atoms with Gasteiger partial charge in [0.25, 0.3) is 0 Å². The Bertz CT molecular complexity index is 1420. The van der Waals surface area contributed by atoms with Crippen LogP contribution in [0.15, 0.2) is 84.9 Å². The molecule has 7 nitrogen and oxygen atoms in total. The molecule has 0 aliphatic heterocycles. The van der Waals surface area contributed by atoms with Gasteiger partial charge in [-0.05, 0) is 41.8 Å². The van der Waals surface area contributed by atoms with Gasteiger partial charge < -0.3 is 15.0 Å². The van der Waals surface area contributed by atoms with Crippen molar-refractivity contribution < 1.29 is 14.3 Å². The number of nitrogens with one attached hydrogen (secondary N) is 1. The lowest BCUT2D eigenvalue weighted by molar-refractivity contribution is -0.134. The summed E-state index contributed by atoms with van der Waals surface area (Å²) >= 11 is 0. The Kier molecular flexibility index (Phi) is 8.49. The molecule has 0 bridgehead atoms. The molecule has 0 saturated heterocycles. The third-order valence-corrected chi connectivity index (χ3v) is 6.51. The van der Waals surface area contributed by atoms with Crippen molar-refractivity contribution in [2.45, 2.75) is 46.1 Å². The molecule has 1 N–H and O–H groups in total. The third kappa shape index (κ3) is 7.13. The van der Waals surface area contributed by atoms with Gasteiger partial charge in [-0.15, -0.1) is 0 Å². The van der Waals surface area contributed by atoms with E-state index in [-0.39, 0.29) is 30.2 Å². The second-order valence-corrected chi connectivity index (χ2v) is 10.7. The van der Waals surface area contributed by atoms with E-state index in [0.717, 1.165) is 33.8 Å². The van der Waals surface area contributed by atoms with E-state index in [1.54, 1.807) is 16.7 Å². The number of carbonyl (C=O) groups excluding carboxylic acids is 2. The van der Waals surface area contributed by atoms with E-state index in [1.807, 2.05) is 91.9 Å². The van der Waals surface area contributed by atoms with Crippen LogP contribution in [0.25, 0.3) is 5.69 Å². The Balaban J connectivity index is 1.58. The van der Waals surface area contributed by atoms with Gasteiger partial charge in [-0.25, -0.2) is 4.68 Å². The summed E-state index contributed by atoms with van der Waals surface area (Å²) in [5.41, 5.74) is 4.39. The predicted molar refractivity (Wildman–Crippen MR) is 154 cm³/mol. The van der Waals surface area contributed by atoms with Gasteiger partial charge in [-0.3, -0.25) is 9.59 Å². The summed E-state index contributed by atoms with van der Waals surface area (Å²) in [6.07, 6.45) is 0.180. The average molecular weight is 525 g/mol. The lowest BCUT2D eigenvalue weighted by Gasteiger charge is -2.23. The van der Waals surface area contributed by atoms with Crippen molar-refractivity contribution in [1.29, 1.82) is 0 Å². The fourth-order valence-electron chi connectivity index (χ4n) is 4.24. The van der Waals surface area contributed by atoms with E-state index < -0.39 is 0 Å². The zero-order valence-corrected chi connectivity index (χ0v) is 23.3. The van der Waals surface area contributed by atoms with Crippen LogP contribution in [0.3, 0.4) is 0 Å². The van der Waals surface area contributed by atoms with Gasteiger partial charge >= 0.3 is 0 Å². The van der Waals surface area contributed by atoms with Crippen LogP contribution in [-0.2, 0) is 28.0 Å². The molecule has 1 aromatic heterocycles. The number of hydrogen-bond donors (Lipinski definition) is 1. The van der Waals surface area contributed by atoms with Crippen molar-refractivity contribution in [3.05, 3.63) is 107 Å². The number of benzene rings is 3. The summed E-state index contributed by atoms with van der Waals surface area (Å²) in [5, 5.41) is 7.86. The molecule has 0 unspecified atom stereocenters. The molecule has 2 amide bonds. The highest BCUT2D eigenvalue weighted by Gasteiger charge is 2.24. The van der Waals surface area contributed by atoms with E-state index in [2.05, 4.69) is 26.1 Å². The molecular formula is C32H36N4O3. The van der Waals surface area contributed by atoms with Crippen LogP contribution in [0.2, 0.25) is 0 Å². The normalized spacial score (nSPS) is 11.2. The summed E-state index contributed by atoms with van der Waals surface area (Å²) in [6, 6.07) is 26.9. The number of amides is 2. The highest BCUT2D eigenvalue weighted by molar-refractivity contribution is 5.94. The van der Waals surface area contributed by atoms with Gasteiger partial charge in [-0.1, -0.05) is 81.4 Å². The molecule has 0 aliphatic carbocycles. The molecule has 0 fully saturated rings. The molecule has 39 heavy (non-hydrogen) atoms. The number of para-hydroxylation sites is 1. The Morgan fingerprint density at radius 3 is 2.23 bits per heavy atom. The largest absolute Gasteiger partial charge is 0.497 e. The summed E-state index contributed by atoms with van der Waals surface area (Å²) < 4.78 is 7.00. The maximum Gasteiger partial charge on any atom is 0.245 e. The van der Waals surface area contributed by atoms with Crippen molar-refractivity contribution in [2.24, 2.45) is 0 Å². The first-order chi connectivity index (χ1) is 18.6. The number of carbonyl (C=O) groups is 2. The monoisotopic (exact) mass is 524 g/mol. The molecule has 0 aliphatic rings. The van der Waals surface area contributed by atoms with Gasteiger partial charge in [-0.2, -0.15) is 5.10 Å².